The molecule has 0 saturated carbocycles. The van der Waals surface area contributed by atoms with Crippen LogP contribution in [0.15, 0.2) is 30.3 Å². The fraction of sp³-hybridized carbons (Fsp3) is 0.667. The smallest absolute Gasteiger partial charge is 0.245 e. The van der Waals surface area contributed by atoms with Gasteiger partial charge in [-0.2, -0.15) is 0 Å². The molecule has 0 aromatic heterocycles. The summed E-state index contributed by atoms with van der Waals surface area (Å²) in [7, 11) is 1.57. The predicted molar refractivity (Wildman–Crippen MR) is 168 cm³/mol. The third-order valence-electron chi connectivity index (χ3n) is 7.64. The number of rotatable bonds is 9. The normalized spacial score (nSPS) is 24.9. The summed E-state index contributed by atoms with van der Waals surface area (Å²) in [5.74, 6) is -2.43. The first-order chi connectivity index (χ1) is 20.1. The van der Waals surface area contributed by atoms with Crippen LogP contribution in [0.1, 0.15) is 80.2 Å². The van der Waals surface area contributed by atoms with Gasteiger partial charge >= 0.3 is 0 Å². The van der Waals surface area contributed by atoms with Crippen LogP contribution in [0.25, 0.3) is 0 Å². The molecule has 1 aliphatic heterocycles. The van der Waals surface area contributed by atoms with E-state index in [-0.39, 0.29) is 30.1 Å². The molecule has 0 spiro atoms. The van der Waals surface area contributed by atoms with E-state index in [1.54, 1.807) is 7.05 Å². The Bertz CT molecular complexity index is 1100. The van der Waals surface area contributed by atoms with Gasteiger partial charge in [-0.05, 0) is 48.5 Å². The molecule has 10 heteroatoms. The summed E-state index contributed by atoms with van der Waals surface area (Å²) in [5, 5.41) is 11.5. The van der Waals surface area contributed by atoms with Crippen LogP contribution < -0.4 is 21.3 Å². The van der Waals surface area contributed by atoms with Gasteiger partial charge in [-0.15, -0.1) is 0 Å². The zero-order valence-electron chi connectivity index (χ0n) is 27.4. The molecule has 0 unspecified atom stereocenters. The molecule has 5 atom stereocenters. The van der Waals surface area contributed by atoms with Gasteiger partial charge < -0.3 is 26.2 Å². The van der Waals surface area contributed by atoms with Crippen LogP contribution in [0.3, 0.4) is 0 Å². The summed E-state index contributed by atoms with van der Waals surface area (Å²) < 4.78 is 0. The fourth-order valence-corrected chi connectivity index (χ4v) is 5.33. The van der Waals surface area contributed by atoms with Gasteiger partial charge in [-0.1, -0.05) is 85.7 Å². The lowest BCUT2D eigenvalue weighted by atomic mass is 9.97. The van der Waals surface area contributed by atoms with Crippen molar-refractivity contribution < 1.29 is 24.0 Å². The predicted octanol–water partition coefficient (Wildman–Crippen LogP) is 2.80. The Morgan fingerprint density at radius 2 is 1.07 bits per heavy atom. The van der Waals surface area contributed by atoms with E-state index in [1.165, 1.54) is 4.90 Å². The molecule has 2 rings (SSSR count). The molecule has 5 amide bonds. The Labute approximate surface area is 257 Å². The molecule has 0 aliphatic carbocycles. The highest BCUT2D eigenvalue weighted by Crippen LogP contribution is 2.17. The lowest BCUT2D eigenvalue weighted by Gasteiger charge is -2.33. The summed E-state index contributed by atoms with van der Waals surface area (Å²) in [4.78, 5) is 70.2. The second kappa shape index (κ2) is 16.4. The van der Waals surface area contributed by atoms with Gasteiger partial charge in [0, 0.05) is 13.5 Å². The summed E-state index contributed by atoms with van der Waals surface area (Å²) in [6, 6.07) is 4.73. The number of hydrogen-bond acceptors (Lipinski definition) is 5. The van der Waals surface area contributed by atoms with E-state index < -0.39 is 59.7 Å². The minimum absolute atomic E-state index is 0.0591. The third kappa shape index (κ3) is 11.0. The van der Waals surface area contributed by atoms with Crippen LogP contribution in [-0.2, 0) is 30.4 Å². The van der Waals surface area contributed by atoms with Crippen molar-refractivity contribution in [2.75, 3.05) is 7.05 Å². The van der Waals surface area contributed by atoms with E-state index in [2.05, 4.69) is 21.3 Å². The van der Waals surface area contributed by atoms with Gasteiger partial charge in [0.25, 0.3) is 0 Å². The van der Waals surface area contributed by atoms with Crippen molar-refractivity contribution >= 4 is 29.5 Å². The molecule has 1 saturated heterocycles. The van der Waals surface area contributed by atoms with Crippen LogP contribution in [0.4, 0.5) is 0 Å². The molecule has 10 nitrogen and oxygen atoms in total. The lowest BCUT2D eigenvalue weighted by Crippen LogP contribution is -2.59. The first-order valence-electron chi connectivity index (χ1n) is 15.6. The van der Waals surface area contributed by atoms with Crippen molar-refractivity contribution in [2.24, 2.45) is 23.7 Å². The molecule has 1 aromatic rings. The summed E-state index contributed by atoms with van der Waals surface area (Å²) in [5.41, 5.74) is 0.841. The highest BCUT2D eigenvalue weighted by Gasteiger charge is 2.38. The number of hydrogen-bond donors (Lipinski definition) is 4. The Kier molecular flexibility index (Phi) is 13.7. The molecule has 1 aromatic carbocycles. The van der Waals surface area contributed by atoms with Gasteiger partial charge in [-0.3, -0.25) is 24.0 Å². The number of nitrogens with zero attached hydrogens (tertiary/aromatic N) is 1. The fourth-order valence-electron chi connectivity index (χ4n) is 5.33. The maximum absolute atomic E-state index is 14.1. The zero-order valence-corrected chi connectivity index (χ0v) is 27.4. The molecule has 1 aliphatic rings. The largest absolute Gasteiger partial charge is 0.343 e. The second-order valence-corrected chi connectivity index (χ2v) is 13.5. The summed E-state index contributed by atoms with van der Waals surface area (Å²) in [6.07, 6.45) is 1.26. The van der Waals surface area contributed by atoms with Crippen LogP contribution >= 0.6 is 0 Å². The van der Waals surface area contributed by atoms with Crippen LogP contribution in [-0.4, -0.2) is 71.7 Å². The topological polar surface area (TPSA) is 137 Å². The van der Waals surface area contributed by atoms with Crippen molar-refractivity contribution in [3.8, 4) is 0 Å². The average Bonchev–Trinajstić information content (AvgIpc) is 2.91. The van der Waals surface area contributed by atoms with Crippen LogP contribution in [0.5, 0.6) is 0 Å². The Morgan fingerprint density at radius 1 is 0.605 bits per heavy atom. The number of carbonyl (C=O) groups is 5. The minimum Gasteiger partial charge on any atom is -0.343 e. The zero-order chi connectivity index (χ0) is 32.4. The standard InChI is InChI=1S/C33H53N5O5/c1-19(2)15-24-29(39)36-26(18-23-13-11-10-12-14-23)33(43)38(9)27(17-21(5)6)31(41)34-25(16-20(3)4)30(40)37-28(22(7)8)32(42)35-24/h10-14,19-22,24-28H,15-18H2,1-9H3,(H,34,41)(H,35,42)(H,36,39)(H,37,40)/t24-,25-,26-,27+,28-/m0/s1. The Hall–Kier alpha value is -3.43. The first kappa shape index (κ1) is 35.8. The summed E-state index contributed by atoms with van der Waals surface area (Å²) >= 11 is 0. The van der Waals surface area contributed by atoms with Gasteiger partial charge in [0.1, 0.15) is 30.2 Å². The highest BCUT2D eigenvalue weighted by atomic mass is 16.2. The van der Waals surface area contributed by atoms with Crippen LogP contribution in [0.2, 0.25) is 0 Å². The van der Waals surface area contributed by atoms with E-state index >= 15 is 0 Å². The van der Waals surface area contributed by atoms with E-state index in [0.717, 1.165) is 5.56 Å². The quantitative estimate of drug-likeness (QED) is 0.346. The number of benzene rings is 1. The first-order valence-corrected chi connectivity index (χ1v) is 15.6. The van der Waals surface area contributed by atoms with Crippen LogP contribution in [0, 0.1) is 23.7 Å². The summed E-state index contributed by atoms with van der Waals surface area (Å²) in [6.45, 7) is 15.3. The average molecular weight is 600 g/mol. The van der Waals surface area contributed by atoms with E-state index in [4.69, 9.17) is 0 Å². The van der Waals surface area contributed by atoms with E-state index in [9.17, 15) is 24.0 Å². The van der Waals surface area contributed by atoms with E-state index in [1.807, 2.05) is 85.7 Å². The van der Waals surface area contributed by atoms with E-state index in [0.29, 0.717) is 19.3 Å². The number of nitrogens with one attached hydrogen (secondary N) is 4. The molecular weight excluding hydrogens is 546 g/mol. The van der Waals surface area contributed by atoms with Gasteiger partial charge in [0.05, 0.1) is 0 Å². The SMILES string of the molecule is CC(C)C[C@@H]1NC(=O)[C@H](C(C)C)NC(=O)[C@H](CC(C)C)NC(=O)[C@@H](CC(C)C)N(C)C(=O)[C@H](Cc2ccccc2)NC1=O. The molecule has 0 radical (unpaired) electrons. The number of carbonyl (C=O) groups excluding carboxylic acids is 5. The molecule has 43 heavy (non-hydrogen) atoms. The maximum atomic E-state index is 14.1. The Morgan fingerprint density at radius 3 is 1.56 bits per heavy atom. The molecule has 4 N–H and O–H groups in total. The van der Waals surface area contributed by atoms with Gasteiger partial charge in [0.15, 0.2) is 0 Å². The molecule has 1 heterocycles. The molecule has 0 bridgehead atoms. The molecular formula is C33H53N5O5. The number of likely N-dealkylation sites (N-methyl/N-ethyl adjacent to an activating group) is 1. The second-order valence-electron chi connectivity index (χ2n) is 13.5. The van der Waals surface area contributed by atoms with Crippen molar-refractivity contribution in [1.82, 2.24) is 26.2 Å². The molecule has 1 fully saturated rings. The third-order valence-corrected chi connectivity index (χ3v) is 7.64. The minimum atomic E-state index is -0.980. The number of amides is 5. The molecule has 240 valence electrons. The van der Waals surface area contributed by atoms with Gasteiger partial charge in [0.2, 0.25) is 29.5 Å². The van der Waals surface area contributed by atoms with Gasteiger partial charge in [-0.25, -0.2) is 0 Å². The van der Waals surface area contributed by atoms with Crippen molar-refractivity contribution in [3.05, 3.63) is 35.9 Å². The van der Waals surface area contributed by atoms with Crippen molar-refractivity contribution in [3.63, 3.8) is 0 Å². The highest BCUT2D eigenvalue weighted by molar-refractivity contribution is 5.98. The lowest BCUT2D eigenvalue weighted by molar-refractivity contribution is -0.143. The van der Waals surface area contributed by atoms with Crippen molar-refractivity contribution in [1.29, 1.82) is 0 Å². The Balaban J connectivity index is 2.66. The van der Waals surface area contributed by atoms with Crippen molar-refractivity contribution in [2.45, 2.75) is 111 Å². The maximum Gasteiger partial charge on any atom is 0.245 e. The monoisotopic (exact) mass is 599 g/mol.